The van der Waals surface area contributed by atoms with E-state index in [9.17, 15) is 18.4 Å². The van der Waals surface area contributed by atoms with E-state index in [-0.39, 0.29) is 5.56 Å². The zero-order valence-electron chi connectivity index (χ0n) is 20.8. The Kier molecular flexibility index (Phi) is 7.88. The number of hydrogen-bond donors (Lipinski definition) is 1. The maximum absolute atomic E-state index is 14.8. The highest BCUT2D eigenvalue weighted by atomic mass is 19.2. The van der Waals surface area contributed by atoms with Crippen molar-refractivity contribution in [2.45, 2.75) is 67.0 Å². The SMILES string of the molecule is COC(=O)[C@@H](C)[C@H](NC(=O)OC(C)(C)C)c1c(C)c(C)c(C)c(-c2cccc(F)c2F)c1C. The fraction of sp³-hybridized carbons (Fsp3) is 0.462. The number of methoxy groups -OCH3 is 1. The van der Waals surface area contributed by atoms with Crippen LogP contribution < -0.4 is 5.32 Å². The first-order valence-electron chi connectivity index (χ1n) is 10.8. The summed E-state index contributed by atoms with van der Waals surface area (Å²) in [5.41, 5.74) is 3.66. The monoisotopic (exact) mass is 461 g/mol. The van der Waals surface area contributed by atoms with Gasteiger partial charge in [0.05, 0.1) is 19.1 Å². The number of halogens is 2. The molecular weight excluding hydrogens is 428 g/mol. The van der Waals surface area contributed by atoms with Crippen LogP contribution in [0.5, 0.6) is 0 Å². The first-order valence-corrected chi connectivity index (χ1v) is 10.8. The number of alkyl carbamates (subject to hydrolysis) is 1. The molecule has 0 heterocycles. The lowest BCUT2D eigenvalue weighted by atomic mass is 9.80. The van der Waals surface area contributed by atoms with E-state index in [1.165, 1.54) is 19.2 Å². The van der Waals surface area contributed by atoms with Crippen LogP contribution >= 0.6 is 0 Å². The van der Waals surface area contributed by atoms with Crippen LogP contribution in [0.3, 0.4) is 0 Å². The second kappa shape index (κ2) is 9.89. The standard InChI is InChI=1S/C26H33F2NO4/c1-13-14(2)20(18-11-10-12-19(27)22(18)28)16(4)21(15(13)3)23(17(5)24(30)32-9)29-25(31)33-26(6,7)8/h10-12,17,23H,1-9H3,(H,29,31)/t17-,23-/m0/s1. The molecule has 0 fully saturated rings. The molecule has 0 aliphatic heterocycles. The van der Waals surface area contributed by atoms with Gasteiger partial charge in [-0.1, -0.05) is 12.1 Å². The molecule has 2 atom stereocenters. The zero-order chi connectivity index (χ0) is 25.2. The number of benzene rings is 2. The topological polar surface area (TPSA) is 64.6 Å². The Balaban J connectivity index is 2.80. The first kappa shape index (κ1) is 26.3. The highest BCUT2D eigenvalue weighted by Crippen LogP contribution is 2.40. The van der Waals surface area contributed by atoms with Crippen LogP contribution in [0.2, 0.25) is 0 Å². The summed E-state index contributed by atoms with van der Waals surface area (Å²) in [6, 6.07) is 3.22. The van der Waals surface area contributed by atoms with E-state index in [1.54, 1.807) is 34.6 Å². The second-order valence-electron chi connectivity index (χ2n) is 9.33. The number of nitrogens with one attached hydrogen (secondary N) is 1. The van der Waals surface area contributed by atoms with Gasteiger partial charge in [-0.25, -0.2) is 13.6 Å². The fourth-order valence-electron chi connectivity index (χ4n) is 4.14. The normalized spacial score (nSPS) is 13.3. The summed E-state index contributed by atoms with van der Waals surface area (Å²) in [5, 5.41) is 2.81. The van der Waals surface area contributed by atoms with Gasteiger partial charge in [-0.15, -0.1) is 0 Å². The molecule has 2 rings (SSSR count). The number of esters is 1. The van der Waals surface area contributed by atoms with Crippen LogP contribution in [0.15, 0.2) is 18.2 Å². The van der Waals surface area contributed by atoms with E-state index in [4.69, 9.17) is 9.47 Å². The summed E-state index contributed by atoms with van der Waals surface area (Å²) in [7, 11) is 1.27. The molecule has 1 amide bonds. The van der Waals surface area contributed by atoms with Crippen LogP contribution in [-0.4, -0.2) is 24.8 Å². The van der Waals surface area contributed by atoms with Crippen LogP contribution in [0.4, 0.5) is 13.6 Å². The largest absolute Gasteiger partial charge is 0.469 e. The molecule has 0 aliphatic carbocycles. The molecule has 0 unspecified atom stereocenters. The van der Waals surface area contributed by atoms with Crippen LogP contribution in [0.1, 0.15) is 61.6 Å². The van der Waals surface area contributed by atoms with E-state index >= 15 is 0 Å². The van der Waals surface area contributed by atoms with Gasteiger partial charge >= 0.3 is 12.1 Å². The molecule has 2 aromatic rings. The molecule has 0 aliphatic rings. The summed E-state index contributed by atoms with van der Waals surface area (Å²) in [6.45, 7) is 14.2. The molecule has 7 heteroatoms. The van der Waals surface area contributed by atoms with Gasteiger partial charge in [-0.05, 0) is 94.8 Å². The number of carbonyl (C=O) groups excluding carboxylic acids is 2. The Morgan fingerprint density at radius 3 is 2.12 bits per heavy atom. The summed E-state index contributed by atoms with van der Waals surface area (Å²) < 4.78 is 39.2. The van der Waals surface area contributed by atoms with E-state index < -0.39 is 41.3 Å². The number of ether oxygens (including phenoxy) is 2. The summed E-state index contributed by atoms with van der Waals surface area (Å²) in [5.74, 6) is -3.19. The van der Waals surface area contributed by atoms with Crippen molar-refractivity contribution in [3.63, 3.8) is 0 Å². The molecule has 0 aromatic heterocycles. The molecule has 0 spiro atoms. The zero-order valence-corrected chi connectivity index (χ0v) is 20.8. The maximum atomic E-state index is 14.8. The Bertz CT molecular complexity index is 1070. The smallest absolute Gasteiger partial charge is 0.408 e. The van der Waals surface area contributed by atoms with Gasteiger partial charge in [0.25, 0.3) is 0 Å². The highest BCUT2D eigenvalue weighted by molar-refractivity contribution is 5.79. The van der Waals surface area contributed by atoms with Crippen molar-refractivity contribution in [1.82, 2.24) is 5.32 Å². The molecule has 0 saturated carbocycles. The molecule has 33 heavy (non-hydrogen) atoms. The van der Waals surface area contributed by atoms with E-state index in [1.807, 2.05) is 20.8 Å². The molecule has 1 N–H and O–H groups in total. The van der Waals surface area contributed by atoms with Gasteiger partial charge in [-0.2, -0.15) is 0 Å². The van der Waals surface area contributed by atoms with Crippen molar-refractivity contribution < 1.29 is 27.8 Å². The predicted octanol–water partition coefficient (Wildman–Crippen LogP) is 6.24. The van der Waals surface area contributed by atoms with Crippen molar-refractivity contribution in [1.29, 1.82) is 0 Å². The molecule has 180 valence electrons. The maximum Gasteiger partial charge on any atom is 0.408 e. The van der Waals surface area contributed by atoms with Crippen LogP contribution in [0, 0.1) is 45.2 Å². The third kappa shape index (κ3) is 5.52. The number of amides is 1. The minimum absolute atomic E-state index is 0.121. The average molecular weight is 462 g/mol. The molecular formula is C26H33F2NO4. The predicted molar refractivity (Wildman–Crippen MR) is 124 cm³/mol. The third-order valence-corrected chi connectivity index (χ3v) is 5.96. The summed E-state index contributed by atoms with van der Waals surface area (Å²) >= 11 is 0. The summed E-state index contributed by atoms with van der Waals surface area (Å²) in [6.07, 6.45) is -0.696. The van der Waals surface area contributed by atoms with Gasteiger partial charge in [0.1, 0.15) is 5.60 Å². The van der Waals surface area contributed by atoms with Gasteiger partial charge in [0.2, 0.25) is 0 Å². The number of carbonyl (C=O) groups is 2. The van der Waals surface area contributed by atoms with Crippen molar-refractivity contribution in [2.24, 2.45) is 5.92 Å². The van der Waals surface area contributed by atoms with Crippen molar-refractivity contribution in [3.05, 3.63) is 57.7 Å². The van der Waals surface area contributed by atoms with Crippen molar-refractivity contribution in [2.75, 3.05) is 7.11 Å². The Morgan fingerprint density at radius 2 is 1.58 bits per heavy atom. The fourth-order valence-corrected chi connectivity index (χ4v) is 4.14. The number of hydrogen-bond acceptors (Lipinski definition) is 4. The lowest BCUT2D eigenvalue weighted by Crippen LogP contribution is -2.40. The number of rotatable bonds is 5. The minimum Gasteiger partial charge on any atom is -0.469 e. The van der Waals surface area contributed by atoms with E-state index in [0.717, 1.165) is 22.8 Å². The van der Waals surface area contributed by atoms with Crippen molar-refractivity contribution in [3.8, 4) is 11.1 Å². The van der Waals surface area contributed by atoms with Crippen molar-refractivity contribution >= 4 is 12.1 Å². The Labute approximate surface area is 194 Å². The average Bonchev–Trinajstić information content (AvgIpc) is 2.72. The van der Waals surface area contributed by atoms with Gasteiger partial charge < -0.3 is 14.8 Å². The molecule has 0 saturated heterocycles. The Hall–Kier alpha value is -2.96. The molecule has 0 bridgehead atoms. The first-order chi connectivity index (χ1) is 15.2. The molecule has 0 radical (unpaired) electrons. The third-order valence-electron chi connectivity index (χ3n) is 5.96. The van der Waals surface area contributed by atoms with Gasteiger partial charge in [-0.3, -0.25) is 4.79 Å². The lowest BCUT2D eigenvalue weighted by molar-refractivity contribution is -0.145. The quantitative estimate of drug-likeness (QED) is 0.535. The van der Waals surface area contributed by atoms with Crippen LogP contribution in [0.25, 0.3) is 11.1 Å². The lowest BCUT2D eigenvalue weighted by Gasteiger charge is -2.31. The minimum atomic E-state index is -0.949. The molecule has 5 nitrogen and oxygen atoms in total. The Morgan fingerprint density at radius 1 is 0.970 bits per heavy atom. The van der Waals surface area contributed by atoms with E-state index in [0.29, 0.717) is 16.7 Å². The van der Waals surface area contributed by atoms with Crippen LogP contribution in [-0.2, 0) is 14.3 Å². The molecule has 2 aromatic carbocycles. The van der Waals surface area contributed by atoms with E-state index in [2.05, 4.69) is 5.32 Å². The summed E-state index contributed by atoms with van der Waals surface area (Å²) in [4.78, 5) is 25.2. The van der Waals surface area contributed by atoms with Gasteiger partial charge in [0, 0.05) is 5.56 Å². The van der Waals surface area contributed by atoms with Gasteiger partial charge in [0.15, 0.2) is 11.6 Å². The second-order valence-corrected chi connectivity index (χ2v) is 9.33. The highest BCUT2D eigenvalue weighted by Gasteiger charge is 2.34.